The largest absolute Gasteiger partial charge is 0.478 e. The topological polar surface area (TPSA) is 90.5 Å². The van der Waals surface area contributed by atoms with Gasteiger partial charge in [0, 0.05) is 30.8 Å². The Balaban J connectivity index is 1.85. The molecule has 1 fully saturated rings. The minimum Gasteiger partial charge on any atom is -0.478 e. The highest BCUT2D eigenvalue weighted by atomic mass is 16.4. The standard InChI is InChI=1S/C20H22N2O4/c1-12-9-17(23)21-13(2)18(12)19(24)22-8-4-7-16(11-22)14-5-3-6-15(10-14)20(25)26/h3,5-6,9-10,16H,4,7-8,11H2,1-2H3,(H,21,23)(H,25,26). The molecule has 3 rings (SSSR count). The molecule has 1 atom stereocenters. The number of hydrogen-bond donors (Lipinski definition) is 2. The van der Waals surface area contributed by atoms with E-state index in [-0.39, 0.29) is 22.9 Å². The van der Waals surface area contributed by atoms with Gasteiger partial charge in [-0.15, -0.1) is 0 Å². The Morgan fingerprint density at radius 2 is 2.00 bits per heavy atom. The molecule has 1 unspecified atom stereocenters. The van der Waals surface area contributed by atoms with Crippen LogP contribution in [0.3, 0.4) is 0 Å². The van der Waals surface area contributed by atoms with Crippen LogP contribution in [0.25, 0.3) is 0 Å². The zero-order valence-electron chi connectivity index (χ0n) is 14.9. The number of amides is 1. The average Bonchev–Trinajstić information content (AvgIpc) is 2.61. The Labute approximate surface area is 151 Å². The van der Waals surface area contributed by atoms with Gasteiger partial charge in [0.1, 0.15) is 0 Å². The van der Waals surface area contributed by atoms with Crippen molar-refractivity contribution in [3.8, 4) is 0 Å². The van der Waals surface area contributed by atoms with Gasteiger partial charge in [0.15, 0.2) is 0 Å². The maximum atomic E-state index is 13.0. The fraction of sp³-hybridized carbons (Fsp3) is 0.350. The maximum absolute atomic E-state index is 13.0. The van der Waals surface area contributed by atoms with E-state index in [2.05, 4.69) is 4.98 Å². The number of rotatable bonds is 3. The van der Waals surface area contributed by atoms with Crippen molar-refractivity contribution in [2.24, 2.45) is 0 Å². The minimum atomic E-state index is -0.949. The minimum absolute atomic E-state index is 0.0876. The third-order valence-corrected chi connectivity index (χ3v) is 4.96. The Kier molecular flexibility index (Phi) is 4.93. The molecule has 0 spiro atoms. The lowest BCUT2D eigenvalue weighted by Crippen LogP contribution is -2.40. The lowest BCUT2D eigenvalue weighted by atomic mass is 9.89. The molecule has 1 aliphatic heterocycles. The van der Waals surface area contributed by atoms with Crippen molar-refractivity contribution in [1.29, 1.82) is 0 Å². The number of carboxylic acid groups (broad SMARTS) is 1. The second kappa shape index (κ2) is 7.15. The molecule has 0 aliphatic carbocycles. The van der Waals surface area contributed by atoms with Gasteiger partial charge in [-0.25, -0.2) is 4.79 Å². The fourth-order valence-electron chi connectivity index (χ4n) is 3.69. The molecular weight excluding hydrogens is 332 g/mol. The van der Waals surface area contributed by atoms with E-state index in [9.17, 15) is 19.5 Å². The number of nitrogens with one attached hydrogen (secondary N) is 1. The fourth-order valence-corrected chi connectivity index (χ4v) is 3.69. The Hall–Kier alpha value is -2.89. The average molecular weight is 354 g/mol. The second-order valence-corrected chi connectivity index (χ2v) is 6.84. The predicted molar refractivity (Wildman–Crippen MR) is 97.8 cm³/mol. The van der Waals surface area contributed by atoms with Gasteiger partial charge in [-0.2, -0.15) is 0 Å². The van der Waals surface area contributed by atoms with E-state index in [1.54, 1.807) is 36.9 Å². The quantitative estimate of drug-likeness (QED) is 0.887. The number of nitrogens with zero attached hydrogens (tertiary/aromatic N) is 1. The molecule has 136 valence electrons. The summed E-state index contributed by atoms with van der Waals surface area (Å²) in [5.74, 6) is -0.930. The number of aryl methyl sites for hydroxylation is 2. The molecular formula is C20H22N2O4. The molecule has 6 nitrogen and oxygen atoms in total. The molecule has 0 bridgehead atoms. The van der Waals surface area contributed by atoms with Gasteiger partial charge >= 0.3 is 5.97 Å². The monoisotopic (exact) mass is 354 g/mol. The van der Waals surface area contributed by atoms with Gasteiger partial charge in [0.2, 0.25) is 5.56 Å². The van der Waals surface area contributed by atoms with E-state index in [4.69, 9.17) is 0 Å². The van der Waals surface area contributed by atoms with Gasteiger partial charge in [-0.05, 0) is 49.9 Å². The van der Waals surface area contributed by atoms with Gasteiger partial charge in [0.25, 0.3) is 5.91 Å². The van der Waals surface area contributed by atoms with Crippen LogP contribution in [0.4, 0.5) is 0 Å². The summed E-state index contributed by atoms with van der Waals surface area (Å²) in [5, 5.41) is 9.19. The van der Waals surface area contributed by atoms with Gasteiger partial charge in [0.05, 0.1) is 11.1 Å². The Morgan fingerprint density at radius 3 is 2.69 bits per heavy atom. The number of aromatic nitrogens is 1. The van der Waals surface area contributed by atoms with Crippen molar-refractivity contribution in [3.05, 3.63) is 68.6 Å². The number of aromatic carboxylic acids is 1. The zero-order chi connectivity index (χ0) is 18.8. The first-order chi connectivity index (χ1) is 12.4. The molecule has 1 amide bonds. The van der Waals surface area contributed by atoms with Crippen LogP contribution in [0, 0.1) is 13.8 Å². The van der Waals surface area contributed by atoms with Crippen molar-refractivity contribution >= 4 is 11.9 Å². The van der Waals surface area contributed by atoms with E-state index in [0.29, 0.717) is 29.9 Å². The first-order valence-corrected chi connectivity index (χ1v) is 8.70. The second-order valence-electron chi connectivity index (χ2n) is 6.84. The highest BCUT2D eigenvalue weighted by Gasteiger charge is 2.27. The van der Waals surface area contributed by atoms with Gasteiger partial charge in [-0.3, -0.25) is 9.59 Å². The molecule has 6 heteroatoms. The van der Waals surface area contributed by atoms with Crippen LogP contribution in [0.1, 0.15) is 56.3 Å². The van der Waals surface area contributed by atoms with E-state index in [1.165, 1.54) is 6.07 Å². The van der Waals surface area contributed by atoms with E-state index < -0.39 is 5.97 Å². The summed E-state index contributed by atoms with van der Waals surface area (Å²) in [6.45, 7) is 4.71. The number of carboxylic acids is 1. The van der Waals surface area contributed by atoms with E-state index in [0.717, 1.165) is 18.4 Å². The number of hydrogen-bond acceptors (Lipinski definition) is 3. The molecule has 1 aromatic carbocycles. The van der Waals surface area contributed by atoms with Crippen LogP contribution < -0.4 is 5.56 Å². The number of aromatic amines is 1. The number of piperidine rings is 1. The first-order valence-electron chi connectivity index (χ1n) is 8.70. The van der Waals surface area contributed by atoms with Crippen molar-refractivity contribution in [2.75, 3.05) is 13.1 Å². The number of likely N-dealkylation sites (tertiary alicyclic amines) is 1. The predicted octanol–water partition coefficient (Wildman–Crippen LogP) is 2.71. The summed E-state index contributed by atoms with van der Waals surface area (Å²) in [5.41, 5.74) is 2.79. The summed E-state index contributed by atoms with van der Waals surface area (Å²) in [4.78, 5) is 40.3. The highest BCUT2D eigenvalue weighted by Crippen LogP contribution is 2.29. The summed E-state index contributed by atoms with van der Waals surface area (Å²) in [6.07, 6.45) is 1.77. The first kappa shape index (κ1) is 17.9. The van der Waals surface area contributed by atoms with Crippen molar-refractivity contribution in [1.82, 2.24) is 9.88 Å². The number of pyridine rings is 1. The van der Waals surface area contributed by atoms with E-state index >= 15 is 0 Å². The summed E-state index contributed by atoms with van der Waals surface area (Å²) in [6, 6.07) is 8.37. The molecule has 0 radical (unpaired) electrons. The smallest absolute Gasteiger partial charge is 0.335 e. The number of benzene rings is 1. The van der Waals surface area contributed by atoms with E-state index in [1.807, 2.05) is 6.07 Å². The van der Waals surface area contributed by atoms with Crippen LogP contribution in [0.15, 0.2) is 35.1 Å². The molecule has 2 aromatic rings. The molecule has 1 aromatic heterocycles. The van der Waals surface area contributed by atoms with Gasteiger partial charge < -0.3 is 15.0 Å². The SMILES string of the molecule is Cc1cc(=O)[nH]c(C)c1C(=O)N1CCCC(c2cccc(C(=O)O)c2)C1. The van der Waals surface area contributed by atoms with Crippen LogP contribution in [0.5, 0.6) is 0 Å². The number of carbonyl (C=O) groups excluding carboxylic acids is 1. The Morgan fingerprint density at radius 1 is 1.23 bits per heavy atom. The van der Waals surface area contributed by atoms with Gasteiger partial charge in [-0.1, -0.05) is 12.1 Å². The van der Waals surface area contributed by atoms with Crippen LogP contribution in [0.2, 0.25) is 0 Å². The van der Waals surface area contributed by atoms with Crippen LogP contribution >= 0.6 is 0 Å². The lowest BCUT2D eigenvalue weighted by molar-refractivity contribution is 0.0687. The van der Waals surface area contributed by atoms with Crippen molar-refractivity contribution < 1.29 is 14.7 Å². The van der Waals surface area contributed by atoms with Crippen LogP contribution in [-0.4, -0.2) is 40.0 Å². The lowest BCUT2D eigenvalue weighted by Gasteiger charge is -2.33. The summed E-state index contributed by atoms with van der Waals surface area (Å²) >= 11 is 0. The summed E-state index contributed by atoms with van der Waals surface area (Å²) < 4.78 is 0. The van der Waals surface area contributed by atoms with Crippen molar-refractivity contribution in [3.63, 3.8) is 0 Å². The normalized spacial score (nSPS) is 17.2. The van der Waals surface area contributed by atoms with Crippen LogP contribution in [-0.2, 0) is 0 Å². The highest BCUT2D eigenvalue weighted by molar-refractivity contribution is 5.96. The Bertz CT molecular complexity index is 890. The maximum Gasteiger partial charge on any atom is 0.335 e. The molecule has 1 aliphatic rings. The molecule has 1 saturated heterocycles. The number of carbonyl (C=O) groups is 2. The third-order valence-electron chi connectivity index (χ3n) is 4.96. The molecule has 26 heavy (non-hydrogen) atoms. The third kappa shape index (κ3) is 3.54. The van der Waals surface area contributed by atoms with Crippen molar-refractivity contribution in [2.45, 2.75) is 32.6 Å². The molecule has 0 saturated carbocycles. The number of H-pyrrole nitrogens is 1. The molecule has 2 heterocycles. The zero-order valence-corrected chi connectivity index (χ0v) is 14.9. The summed E-state index contributed by atoms with van der Waals surface area (Å²) in [7, 11) is 0. The molecule has 2 N–H and O–H groups in total.